The molecule has 2 aromatic rings. The quantitative estimate of drug-likeness (QED) is 0.385. The summed E-state index contributed by atoms with van der Waals surface area (Å²) in [5.74, 6) is 5.55. The third kappa shape index (κ3) is 2.94. The van der Waals surface area contributed by atoms with Crippen LogP contribution in [-0.2, 0) is 4.74 Å². The van der Waals surface area contributed by atoms with Gasteiger partial charge in [0.25, 0.3) is 5.69 Å². The Morgan fingerprint density at radius 3 is 2.71 bits per heavy atom. The van der Waals surface area contributed by atoms with Crippen LogP contribution in [0.4, 0.5) is 5.69 Å². The fourth-order valence-electron chi connectivity index (χ4n) is 1.51. The Bertz CT molecular complexity index is 715. The maximum atomic E-state index is 11.8. The summed E-state index contributed by atoms with van der Waals surface area (Å²) in [5.41, 5.74) is -0.137. The summed E-state index contributed by atoms with van der Waals surface area (Å²) in [6.45, 7) is 1.67. The number of nitrogen functional groups attached to an aromatic ring is 1. The second kappa shape index (κ2) is 5.79. The zero-order valence-corrected chi connectivity index (χ0v) is 12.0. The van der Waals surface area contributed by atoms with E-state index in [9.17, 15) is 14.9 Å². The van der Waals surface area contributed by atoms with Gasteiger partial charge in [-0.3, -0.25) is 10.1 Å². The number of nitrogens with two attached hydrogens (primary N) is 1. The largest absolute Gasteiger partial charge is 0.465 e. The Hall–Kier alpha value is -2.62. The smallest absolute Gasteiger partial charge is 0.339 e. The van der Waals surface area contributed by atoms with Crippen LogP contribution >= 0.6 is 11.8 Å². The molecule has 1 aromatic carbocycles. The average Bonchev–Trinajstić information content (AvgIpc) is 2.78. The van der Waals surface area contributed by atoms with Gasteiger partial charge in [0, 0.05) is 17.0 Å². The van der Waals surface area contributed by atoms with Crippen LogP contribution < -0.4 is 5.84 Å². The van der Waals surface area contributed by atoms with Crippen LogP contribution in [0.1, 0.15) is 16.2 Å². The molecule has 10 heteroatoms. The molecular weight excluding hydrogens is 298 g/mol. The van der Waals surface area contributed by atoms with Crippen molar-refractivity contribution in [2.45, 2.75) is 17.0 Å². The maximum absolute atomic E-state index is 11.8. The van der Waals surface area contributed by atoms with Gasteiger partial charge in [0.15, 0.2) is 0 Å². The number of aromatic nitrogens is 3. The lowest BCUT2D eigenvalue weighted by Crippen LogP contribution is -2.12. The first-order chi connectivity index (χ1) is 9.93. The molecule has 0 unspecified atom stereocenters. The molecule has 0 aliphatic carbocycles. The number of ether oxygens (including phenoxy) is 1. The Morgan fingerprint density at radius 1 is 1.48 bits per heavy atom. The van der Waals surface area contributed by atoms with E-state index in [4.69, 9.17) is 5.84 Å². The molecule has 110 valence electrons. The van der Waals surface area contributed by atoms with Gasteiger partial charge in [-0.1, -0.05) is 0 Å². The molecule has 0 atom stereocenters. The minimum absolute atomic E-state index is 0.0670. The fourth-order valence-corrected chi connectivity index (χ4v) is 2.40. The third-order valence-electron chi connectivity index (χ3n) is 2.62. The molecule has 0 aliphatic heterocycles. The van der Waals surface area contributed by atoms with Crippen molar-refractivity contribution in [3.8, 4) is 0 Å². The topological polar surface area (TPSA) is 126 Å². The highest BCUT2D eigenvalue weighted by Crippen LogP contribution is 2.31. The minimum Gasteiger partial charge on any atom is -0.465 e. The van der Waals surface area contributed by atoms with E-state index in [0.717, 1.165) is 17.8 Å². The van der Waals surface area contributed by atoms with Gasteiger partial charge in [0.05, 0.1) is 17.6 Å². The van der Waals surface area contributed by atoms with Gasteiger partial charge in [-0.25, -0.2) is 9.47 Å². The number of nitro benzene ring substituents is 1. The molecule has 0 saturated carbocycles. The molecule has 2 N–H and O–H groups in total. The Labute approximate surface area is 123 Å². The summed E-state index contributed by atoms with van der Waals surface area (Å²) in [7, 11) is 1.20. The molecule has 0 aliphatic rings. The fraction of sp³-hybridized carbons (Fsp3) is 0.182. The number of nitrogens with zero attached hydrogens (tertiary/aromatic N) is 4. The molecule has 0 radical (unpaired) electrons. The van der Waals surface area contributed by atoms with Gasteiger partial charge < -0.3 is 10.6 Å². The van der Waals surface area contributed by atoms with E-state index in [-0.39, 0.29) is 11.3 Å². The van der Waals surface area contributed by atoms with Gasteiger partial charge in [-0.2, -0.15) is 0 Å². The number of rotatable bonds is 4. The molecule has 21 heavy (non-hydrogen) atoms. The first kappa shape index (κ1) is 14.8. The van der Waals surface area contributed by atoms with Crippen molar-refractivity contribution < 1.29 is 14.5 Å². The monoisotopic (exact) mass is 309 g/mol. The van der Waals surface area contributed by atoms with E-state index >= 15 is 0 Å². The molecule has 2 rings (SSSR count). The van der Waals surface area contributed by atoms with Crippen LogP contribution in [0.2, 0.25) is 0 Å². The molecule has 0 spiro atoms. The summed E-state index contributed by atoms with van der Waals surface area (Å²) < 4.78 is 5.89. The molecule has 1 heterocycles. The normalized spacial score (nSPS) is 10.4. The van der Waals surface area contributed by atoms with Gasteiger partial charge in [-0.15, -0.1) is 10.2 Å². The van der Waals surface area contributed by atoms with Crippen molar-refractivity contribution in [3.63, 3.8) is 0 Å². The molecule has 0 amide bonds. The van der Waals surface area contributed by atoms with E-state index < -0.39 is 10.9 Å². The van der Waals surface area contributed by atoms with E-state index in [2.05, 4.69) is 14.9 Å². The number of carbonyl (C=O) groups is 1. The number of non-ortho nitro benzene ring substituents is 1. The van der Waals surface area contributed by atoms with Crippen LogP contribution in [0.5, 0.6) is 0 Å². The Kier molecular flexibility index (Phi) is 4.08. The highest BCUT2D eigenvalue weighted by molar-refractivity contribution is 7.99. The third-order valence-corrected chi connectivity index (χ3v) is 3.65. The van der Waals surface area contributed by atoms with Crippen molar-refractivity contribution >= 4 is 23.4 Å². The predicted molar refractivity (Wildman–Crippen MR) is 73.5 cm³/mol. The first-order valence-corrected chi connectivity index (χ1v) is 6.47. The lowest BCUT2D eigenvalue weighted by Gasteiger charge is -2.07. The summed E-state index contributed by atoms with van der Waals surface area (Å²) in [6.07, 6.45) is 0. The standard InChI is InChI=1S/C11H11N5O4S/c1-6-13-14-11(15(6)12)21-9-4-3-7(16(18)19)5-8(9)10(17)20-2/h3-5H,12H2,1-2H3. The number of methoxy groups -OCH3 is 1. The lowest BCUT2D eigenvalue weighted by molar-refractivity contribution is -0.384. The SMILES string of the molecule is COC(=O)c1cc([N+](=O)[O-])ccc1Sc1nnc(C)n1N. The molecule has 1 aromatic heterocycles. The van der Waals surface area contributed by atoms with Gasteiger partial charge in [-0.05, 0) is 24.8 Å². The van der Waals surface area contributed by atoms with E-state index in [0.29, 0.717) is 15.9 Å². The van der Waals surface area contributed by atoms with Crippen LogP contribution in [0.25, 0.3) is 0 Å². The number of esters is 1. The zero-order chi connectivity index (χ0) is 15.6. The number of hydrogen-bond donors (Lipinski definition) is 1. The zero-order valence-electron chi connectivity index (χ0n) is 11.1. The van der Waals surface area contributed by atoms with Crippen molar-refractivity contribution in [1.29, 1.82) is 0 Å². The summed E-state index contributed by atoms with van der Waals surface area (Å²) in [4.78, 5) is 22.4. The summed E-state index contributed by atoms with van der Waals surface area (Å²) in [6, 6.07) is 3.89. The molecule has 0 bridgehead atoms. The second-order valence-electron chi connectivity index (χ2n) is 3.93. The second-order valence-corrected chi connectivity index (χ2v) is 4.94. The molecular formula is C11H11N5O4S. The minimum atomic E-state index is -0.680. The van der Waals surface area contributed by atoms with Crippen molar-refractivity contribution in [3.05, 3.63) is 39.7 Å². The van der Waals surface area contributed by atoms with E-state index in [1.165, 1.54) is 23.9 Å². The highest BCUT2D eigenvalue weighted by atomic mass is 32.2. The van der Waals surface area contributed by atoms with Crippen molar-refractivity contribution in [2.24, 2.45) is 0 Å². The number of aryl methyl sites for hydroxylation is 1. The number of carbonyl (C=O) groups excluding carboxylic acids is 1. The average molecular weight is 309 g/mol. The van der Waals surface area contributed by atoms with E-state index in [1.807, 2.05) is 0 Å². The van der Waals surface area contributed by atoms with Crippen LogP contribution in [0, 0.1) is 17.0 Å². The van der Waals surface area contributed by atoms with Crippen molar-refractivity contribution in [2.75, 3.05) is 13.0 Å². The van der Waals surface area contributed by atoms with Crippen molar-refractivity contribution in [1.82, 2.24) is 14.9 Å². The maximum Gasteiger partial charge on any atom is 0.339 e. The molecule has 9 nitrogen and oxygen atoms in total. The van der Waals surface area contributed by atoms with Crippen LogP contribution in [0.15, 0.2) is 28.3 Å². The Balaban J connectivity index is 2.45. The summed E-state index contributed by atoms with van der Waals surface area (Å²) >= 11 is 1.07. The number of nitro groups is 1. The summed E-state index contributed by atoms with van der Waals surface area (Å²) in [5, 5.41) is 18.8. The molecule has 0 saturated heterocycles. The Morgan fingerprint density at radius 2 is 2.19 bits per heavy atom. The lowest BCUT2D eigenvalue weighted by atomic mass is 10.2. The number of hydrogen-bond acceptors (Lipinski definition) is 8. The molecule has 0 fully saturated rings. The number of benzene rings is 1. The van der Waals surface area contributed by atoms with Gasteiger partial charge in [0.1, 0.15) is 5.82 Å². The van der Waals surface area contributed by atoms with Gasteiger partial charge in [0.2, 0.25) is 5.16 Å². The van der Waals surface area contributed by atoms with E-state index in [1.54, 1.807) is 6.92 Å². The van der Waals surface area contributed by atoms with Gasteiger partial charge >= 0.3 is 5.97 Å². The predicted octanol–water partition coefficient (Wildman–Crippen LogP) is 1.15. The highest BCUT2D eigenvalue weighted by Gasteiger charge is 2.20. The first-order valence-electron chi connectivity index (χ1n) is 5.65. The van der Waals surface area contributed by atoms with Crippen LogP contribution in [0.3, 0.4) is 0 Å². The van der Waals surface area contributed by atoms with Crippen LogP contribution in [-0.4, -0.2) is 32.9 Å².